The van der Waals surface area contributed by atoms with E-state index < -0.39 is 41.8 Å². The van der Waals surface area contributed by atoms with Crippen LogP contribution in [0.15, 0.2) is 36.7 Å². The highest BCUT2D eigenvalue weighted by atomic mass is 35.5. The summed E-state index contributed by atoms with van der Waals surface area (Å²) in [5.74, 6) is -1.03. The van der Waals surface area contributed by atoms with Crippen LogP contribution in [0.3, 0.4) is 0 Å². The summed E-state index contributed by atoms with van der Waals surface area (Å²) in [7, 11) is 2.60. The molecule has 0 bridgehead atoms. The van der Waals surface area contributed by atoms with Crippen molar-refractivity contribution in [3.63, 3.8) is 0 Å². The number of nitrogens with two attached hydrogens (primary N) is 1. The van der Waals surface area contributed by atoms with Crippen molar-refractivity contribution < 1.29 is 27.1 Å². The second kappa shape index (κ2) is 11.6. The second-order valence-electron chi connectivity index (χ2n) is 8.94. The van der Waals surface area contributed by atoms with Crippen LogP contribution in [0.25, 0.3) is 0 Å². The minimum absolute atomic E-state index is 0.0805. The number of halogens is 5. The molecule has 210 valence electrons. The Labute approximate surface area is 226 Å². The fraction of sp³-hybridized carbons (Fsp3) is 0.417. The van der Waals surface area contributed by atoms with Crippen molar-refractivity contribution >= 4 is 40.7 Å². The number of hydrogen-bond acceptors (Lipinski definition) is 9. The molecule has 0 amide bonds. The molecule has 0 spiro atoms. The second-order valence-corrected chi connectivity index (χ2v) is 9.30. The van der Waals surface area contributed by atoms with Crippen LogP contribution in [-0.2, 0) is 22.1 Å². The molecule has 4 rings (SSSR count). The highest BCUT2D eigenvalue weighted by Gasteiger charge is 2.36. The fourth-order valence-corrected chi connectivity index (χ4v) is 4.62. The maximum Gasteiger partial charge on any atom is 0.421 e. The Hall–Kier alpha value is -3.65. The Morgan fingerprint density at radius 3 is 2.62 bits per heavy atom. The van der Waals surface area contributed by atoms with E-state index in [1.54, 1.807) is 0 Å². The Morgan fingerprint density at radius 1 is 1.28 bits per heavy atom. The number of anilines is 4. The molecule has 0 aliphatic carbocycles. The highest BCUT2D eigenvalue weighted by Crippen LogP contribution is 2.36. The average Bonchev–Trinajstić information content (AvgIpc) is 3.27. The van der Waals surface area contributed by atoms with E-state index in [0.717, 1.165) is 11.3 Å². The van der Waals surface area contributed by atoms with Gasteiger partial charge < -0.3 is 26.0 Å². The van der Waals surface area contributed by atoms with Gasteiger partial charge in [0.1, 0.15) is 23.6 Å². The number of carbonyl (C=O) groups excluding carboxylic acids is 1. The number of carbonyl (C=O) groups is 1. The van der Waals surface area contributed by atoms with E-state index in [4.69, 9.17) is 17.3 Å². The van der Waals surface area contributed by atoms with Crippen LogP contribution in [-0.4, -0.2) is 65.2 Å². The maximum atomic E-state index is 15.3. The van der Waals surface area contributed by atoms with Gasteiger partial charge in [0.2, 0.25) is 5.95 Å². The van der Waals surface area contributed by atoms with Crippen molar-refractivity contribution in [2.75, 3.05) is 42.8 Å². The summed E-state index contributed by atoms with van der Waals surface area (Å²) >= 11 is 6.46. The van der Waals surface area contributed by atoms with Gasteiger partial charge in [0.25, 0.3) is 0 Å². The predicted molar refractivity (Wildman–Crippen MR) is 138 cm³/mol. The van der Waals surface area contributed by atoms with Crippen molar-refractivity contribution in [1.29, 1.82) is 0 Å². The van der Waals surface area contributed by atoms with Gasteiger partial charge in [0, 0.05) is 25.5 Å². The molecule has 1 aromatic carbocycles. The molecular weight excluding hydrogens is 544 g/mol. The standard InChI is InChI=1S/C24H27ClF4N8O2/c1-31-21-15(24(27,28)29)10-32-23(35-21)34-18-11-33-37(20(18)25)19-7-8-36(12-16(19)26)14-5-3-13(4-6-14)9-17(30)22(38)39-2/h3-6,10-11,16-17,19H,7-9,12,30H2,1-2H3,(H2,31,32,34,35)/t16-,17-,19-/m0/s1. The minimum Gasteiger partial charge on any atom is -0.468 e. The monoisotopic (exact) mass is 570 g/mol. The molecular formula is C24H27ClF4N8O2. The van der Waals surface area contributed by atoms with E-state index in [-0.39, 0.29) is 23.3 Å². The number of rotatable bonds is 8. The molecule has 0 unspecified atom stereocenters. The van der Waals surface area contributed by atoms with Gasteiger partial charge in [-0.05, 0) is 30.5 Å². The van der Waals surface area contributed by atoms with Gasteiger partial charge in [-0.1, -0.05) is 23.7 Å². The Kier molecular flexibility index (Phi) is 8.45. The molecule has 39 heavy (non-hydrogen) atoms. The van der Waals surface area contributed by atoms with E-state index in [9.17, 15) is 18.0 Å². The number of hydrogen-bond donors (Lipinski definition) is 3. The van der Waals surface area contributed by atoms with Gasteiger partial charge >= 0.3 is 12.1 Å². The third kappa shape index (κ3) is 6.33. The molecule has 1 aliphatic rings. The molecule has 0 saturated carbocycles. The van der Waals surface area contributed by atoms with Gasteiger partial charge in [0.15, 0.2) is 5.15 Å². The van der Waals surface area contributed by atoms with E-state index in [0.29, 0.717) is 25.6 Å². The first-order valence-corrected chi connectivity index (χ1v) is 12.3. The van der Waals surface area contributed by atoms with Gasteiger partial charge in [-0.3, -0.25) is 4.79 Å². The van der Waals surface area contributed by atoms with Crippen LogP contribution in [0, 0.1) is 0 Å². The van der Waals surface area contributed by atoms with Crippen LogP contribution in [0.4, 0.5) is 40.7 Å². The van der Waals surface area contributed by atoms with Crippen molar-refractivity contribution in [3.8, 4) is 0 Å². The Balaban J connectivity index is 1.41. The molecule has 0 radical (unpaired) electrons. The maximum absolute atomic E-state index is 15.3. The summed E-state index contributed by atoms with van der Waals surface area (Å²) in [6.07, 6.45) is -3.20. The zero-order chi connectivity index (χ0) is 28.3. The number of alkyl halides is 4. The molecule has 3 aromatic rings. The third-order valence-corrected chi connectivity index (χ3v) is 6.77. The van der Waals surface area contributed by atoms with Crippen molar-refractivity contribution in [2.45, 2.75) is 37.3 Å². The minimum atomic E-state index is -4.62. The van der Waals surface area contributed by atoms with Crippen molar-refractivity contribution in [1.82, 2.24) is 19.7 Å². The first-order valence-electron chi connectivity index (χ1n) is 11.9. The lowest BCUT2D eigenvalue weighted by Gasteiger charge is -2.36. The zero-order valence-electron chi connectivity index (χ0n) is 21.0. The van der Waals surface area contributed by atoms with Crippen LogP contribution in [0.5, 0.6) is 0 Å². The third-order valence-electron chi connectivity index (χ3n) is 6.39. The lowest BCUT2D eigenvalue weighted by molar-refractivity contribution is -0.142. The smallest absolute Gasteiger partial charge is 0.421 e. The number of aromatic nitrogens is 4. The highest BCUT2D eigenvalue weighted by molar-refractivity contribution is 6.32. The number of methoxy groups -OCH3 is 1. The quantitative estimate of drug-likeness (QED) is 0.273. The topological polar surface area (TPSA) is 123 Å². The Morgan fingerprint density at radius 2 is 2.00 bits per heavy atom. The molecule has 2 aromatic heterocycles. The largest absolute Gasteiger partial charge is 0.468 e. The van der Waals surface area contributed by atoms with Gasteiger partial charge in [-0.25, -0.2) is 14.1 Å². The summed E-state index contributed by atoms with van der Waals surface area (Å²) < 4.78 is 60.7. The number of nitrogens with zero attached hydrogens (tertiary/aromatic N) is 5. The molecule has 15 heteroatoms. The van der Waals surface area contributed by atoms with E-state index in [1.165, 1.54) is 25.0 Å². The van der Waals surface area contributed by atoms with Crippen molar-refractivity contribution in [3.05, 3.63) is 52.9 Å². The summed E-state index contributed by atoms with van der Waals surface area (Å²) in [5.41, 5.74) is 6.70. The Bertz CT molecular complexity index is 1300. The van der Waals surface area contributed by atoms with Crippen molar-refractivity contribution in [2.24, 2.45) is 5.73 Å². The normalized spacial score (nSPS) is 18.5. The van der Waals surface area contributed by atoms with Gasteiger partial charge in [0.05, 0.1) is 31.6 Å². The molecule has 4 N–H and O–H groups in total. The summed E-state index contributed by atoms with van der Waals surface area (Å²) in [6, 6.07) is 5.95. The molecule has 3 atom stereocenters. The first-order chi connectivity index (χ1) is 18.5. The lowest BCUT2D eigenvalue weighted by atomic mass is 10.0. The SMILES string of the molecule is CNc1nc(Nc2cnn([C@H]3CCN(c4ccc(C[C@H](N)C(=O)OC)cc4)C[C@@H]3F)c2Cl)ncc1C(F)(F)F. The van der Waals surface area contributed by atoms with Gasteiger partial charge in [-0.2, -0.15) is 23.3 Å². The van der Waals surface area contributed by atoms with E-state index >= 15 is 4.39 Å². The predicted octanol–water partition coefficient (Wildman–Crippen LogP) is 3.96. The molecule has 3 heterocycles. The lowest BCUT2D eigenvalue weighted by Crippen LogP contribution is -2.43. The van der Waals surface area contributed by atoms with Gasteiger partial charge in [-0.15, -0.1) is 0 Å². The number of piperidine rings is 1. The molecule has 1 aliphatic heterocycles. The van der Waals surface area contributed by atoms with E-state index in [1.807, 2.05) is 29.2 Å². The molecule has 10 nitrogen and oxygen atoms in total. The number of nitrogens with one attached hydrogen (secondary N) is 2. The van der Waals surface area contributed by atoms with Crippen LogP contribution in [0.1, 0.15) is 23.6 Å². The summed E-state index contributed by atoms with van der Waals surface area (Å²) in [4.78, 5) is 21.0. The summed E-state index contributed by atoms with van der Waals surface area (Å²) in [6.45, 7) is 0.622. The molecule has 1 fully saturated rings. The molecule has 1 saturated heterocycles. The van der Waals surface area contributed by atoms with Crippen LogP contribution in [0.2, 0.25) is 5.15 Å². The first kappa shape index (κ1) is 28.4. The van der Waals surface area contributed by atoms with E-state index in [2.05, 4.69) is 30.4 Å². The average molecular weight is 571 g/mol. The van der Waals surface area contributed by atoms with Crippen LogP contribution < -0.4 is 21.3 Å². The number of benzene rings is 1. The number of ether oxygens (including phenoxy) is 1. The van der Waals surface area contributed by atoms with Crippen LogP contribution >= 0.6 is 11.6 Å². The summed E-state index contributed by atoms with van der Waals surface area (Å²) in [5, 5.41) is 9.43. The number of esters is 1. The fourth-order valence-electron chi connectivity index (χ4n) is 4.36. The zero-order valence-corrected chi connectivity index (χ0v) is 21.8.